The molecular formula is C7H6Br2O2. The van der Waals surface area contributed by atoms with Gasteiger partial charge in [0.15, 0.2) is 0 Å². The molecule has 2 bridgehead atoms. The number of aliphatic hydroxyl groups is 1. The van der Waals surface area contributed by atoms with Crippen molar-refractivity contribution in [1.82, 2.24) is 0 Å². The fourth-order valence-electron chi connectivity index (χ4n) is 1.22. The predicted molar refractivity (Wildman–Crippen MR) is 48.7 cm³/mol. The van der Waals surface area contributed by atoms with Gasteiger partial charge in [-0.1, -0.05) is 44.0 Å². The smallest absolute Gasteiger partial charge is 0.116 e. The van der Waals surface area contributed by atoms with E-state index in [-0.39, 0.29) is 12.2 Å². The second-order valence-corrected chi connectivity index (χ2v) is 4.26. The van der Waals surface area contributed by atoms with E-state index in [0.717, 1.165) is 8.96 Å². The maximum atomic E-state index is 9.52. The van der Waals surface area contributed by atoms with Crippen molar-refractivity contribution >= 4 is 31.9 Å². The molecule has 2 rings (SSSR count). The van der Waals surface area contributed by atoms with E-state index in [4.69, 9.17) is 4.74 Å². The van der Waals surface area contributed by atoms with Crippen LogP contribution < -0.4 is 0 Å². The number of aliphatic hydroxyl groups excluding tert-OH is 1. The zero-order valence-corrected chi connectivity index (χ0v) is 8.67. The van der Waals surface area contributed by atoms with Gasteiger partial charge < -0.3 is 9.84 Å². The van der Waals surface area contributed by atoms with Gasteiger partial charge in [0, 0.05) is 8.96 Å². The molecule has 0 amide bonds. The fourth-order valence-corrected chi connectivity index (χ4v) is 2.20. The van der Waals surface area contributed by atoms with Crippen molar-refractivity contribution < 1.29 is 9.84 Å². The first-order chi connectivity index (χ1) is 5.20. The Labute approximate surface area is 81.2 Å². The summed E-state index contributed by atoms with van der Waals surface area (Å²) in [6, 6.07) is 0. The van der Waals surface area contributed by atoms with Gasteiger partial charge in [0.1, 0.15) is 18.3 Å². The van der Waals surface area contributed by atoms with Crippen LogP contribution in [0.4, 0.5) is 0 Å². The molecule has 0 spiro atoms. The Hall–Kier alpha value is 0.360. The summed E-state index contributed by atoms with van der Waals surface area (Å²) in [5.74, 6) is 0. The summed E-state index contributed by atoms with van der Waals surface area (Å²) < 4.78 is 7.08. The molecule has 0 aromatic rings. The number of hydrogen-bond donors (Lipinski definition) is 1. The average molecular weight is 282 g/mol. The second-order valence-electron chi connectivity index (χ2n) is 2.55. The van der Waals surface area contributed by atoms with Crippen LogP contribution in [-0.2, 0) is 4.74 Å². The summed E-state index contributed by atoms with van der Waals surface area (Å²) in [6.45, 7) is 0. The van der Waals surface area contributed by atoms with E-state index in [1.807, 2.05) is 12.2 Å². The van der Waals surface area contributed by atoms with Crippen LogP contribution >= 0.6 is 31.9 Å². The van der Waals surface area contributed by atoms with E-state index < -0.39 is 6.10 Å². The van der Waals surface area contributed by atoms with E-state index in [9.17, 15) is 5.11 Å². The molecule has 0 aromatic heterocycles. The first-order valence-electron chi connectivity index (χ1n) is 3.27. The van der Waals surface area contributed by atoms with Crippen molar-refractivity contribution in [3.63, 3.8) is 0 Å². The highest BCUT2D eigenvalue weighted by atomic mass is 79.9. The molecule has 0 saturated carbocycles. The van der Waals surface area contributed by atoms with Gasteiger partial charge in [-0.15, -0.1) is 0 Å². The molecule has 3 atom stereocenters. The van der Waals surface area contributed by atoms with Crippen LogP contribution in [-0.4, -0.2) is 23.4 Å². The zero-order valence-electron chi connectivity index (χ0n) is 5.50. The van der Waals surface area contributed by atoms with Gasteiger partial charge in [0.25, 0.3) is 0 Å². The maximum absolute atomic E-state index is 9.52. The lowest BCUT2D eigenvalue weighted by Crippen LogP contribution is -2.32. The van der Waals surface area contributed by atoms with E-state index in [1.54, 1.807) is 0 Å². The van der Waals surface area contributed by atoms with Crippen molar-refractivity contribution in [2.24, 2.45) is 0 Å². The third-order valence-corrected chi connectivity index (χ3v) is 4.13. The van der Waals surface area contributed by atoms with Crippen molar-refractivity contribution in [3.05, 3.63) is 21.1 Å². The molecule has 2 aliphatic heterocycles. The zero-order chi connectivity index (χ0) is 8.01. The number of hydrogen-bond acceptors (Lipinski definition) is 2. The molecule has 2 aliphatic rings. The molecule has 0 unspecified atom stereocenters. The number of ether oxygens (including phenoxy) is 1. The lowest BCUT2D eigenvalue weighted by Gasteiger charge is -2.25. The lowest BCUT2D eigenvalue weighted by atomic mass is 10.2. The third kappa shape index (κ3) is 1.13. The average Bonchev–Trinajstić information content (AvgIpc) is 2.44. The largest absolute Gasteiger partial charge is 0.385 e. The summed E-state index contributed by atoms with van der Waals surface area (Å²) in [6.07, 6.45) is 3.09. The summed E-state index contributed by atoms with van der Waals surface area (Å²) in [4.78, 5) is 0. The van der Waals surface area contributed by atoms with Crippen LogP contribution in [0.1, 0.15) is 0 Å². The van der Waals surface area contributed by atoms with E-state index >= 15 is 0 Å². The van der Waals surface area contributed by atoms with E-state index in [2.05, 4.69) is 31.9 Å². The van der Waals surface area contributed by atoms with Gasteiger partial charge >= 0.3 is 0 Å². The monoisotopic (exact) mass is 280 g/mol. The molecule has 2 nitrogen and oxygen atoms in total. The van der Waals surface area contributed by atoms with Gasteiger partial charge in [0.05, 0.1) is 0 Å². The number of fused-ring (bicyclic) bond motifs is 2. The Balaban J connectivity index is 2.41. The predicted octanol–water partition coefficient (Wildman–Crippen LogP) is 1.69. The van der Waals surface area contributed by atoms with Crippen molar-refractivity contribution in [1.29, 1.82) is 0 Å². The van der Waals surface area contributed by atoms with Crippen molar-refractivity contribution in [3.8, 4) is 0 Å². The first-order valence-corrected chi connectivity index (χ1v) is 4.85. The Morgan fingerprint density at radius 2 is 2.00 bits per heavy atom. The fraction of sp³-hybridized carbons (Fsp3) is 0.429. The third-order valence-electron chi connectivity index (χ3n) is 1.83. The maximum Gasteiger partial charge on any atom is 0.116 e. The molecule has 1 N–H and O–H groups in total. The molecule has 0 radical (unpaired) electrons. The Morgan fingerprint density at radius 3 is 2.73 bits per heavy atom. The van der Waals surface area contributed by atoms with Crippen LogP contribution in [0.15, 0.2) is 21.1 Å². The van der Waals surface area contributed by atoms with Gasteiger partial charge in [-0.3, -0.25) is 0 Å². The summed E-state index contributed by atoms with van der Waals surface area (Å²) in [5.41, 5.74) is 0. The normalized spacial score (nSPS) is 41.9. The van der Waals surface area contributed by atoms with Crippen LogP contribution in [0, 0.1) is 0 Å². The van der Waals surface area contributed by atoms with Crippen molar-refractivity contribution in [2.75, 3.05) is 0 Å². The highest BCUT2D eigenvalue weighted by Crippen LogP contribution is 2.37. The molecule has 0 aliphatic carbocycles. The summed E-state index contributed by atoms with van der Waals surface area (Å²) in [7, 11) is 0. The van der Waals surface area contributed by atoms with E-state index in [0.29, 0.717) is 0 Å². The highest BCUT2D eigenvalue weighted by Gasteiger charge is 2.36. The Kier molecular flexibility index (Phi) is 1.95. The van der Waals surface area contributed by atoms with Crippen LogP contribution in [0.25, 0.3) is 0 Å². The summed E-state index contributed by atoms with van der Waals surface area (Å²) in [5, 5.41) is 9.52. The van der Waals surface area contributed by atoms with Gasteiger partial charge in [0.2, 0.25) is 0 Å². The standard InChI is InChI=1S/C7H6Br2O2/c8-5-3-1-2-4(11-3)7(10)6(5)9/h1-4,7,10H/t3-,4+,7+/m1/s1. The highest BCUT2D eigenvalue weighted by molar-refractivity contribution is 9.14. The van der Waals surface area contributed by atoms with Gasteiger partial charge in [-0.25, -0.2) is 0 Å². The summed E-state index contributed by atoms with van der Waals surface area (Å²) >= 11 is 6.65. The molecular weight excluding hydrogens is 276 g/mol. The topological polar surface area (TPSA) is 29.5 Å². The Morgan fingerprint density at radius 1 is 1.27 bits per heavy atom. The second kappa shape index (κ2) is 2.69. The molecule has 0 fully saturated rings. The molecule has 4 heteroatoms. The minimum atomic E-state index is -0.556. The van der Waals surface area contributed by atoms with Crippen molar-refractivity contribution in [2.45, 2.75) is 18.3 Å². The first kappa shape index (κ1) is 7.98. The Bertz CT molecular complexity index is 247. The molecule has 60 valence electrons. The number of halogens is 2. The quantitative estimate of drug-likeness (QED) is 0.685. The SMILES string of the molecule is O[C@@H]1C(Br)=C(Br)[C@H]2C=C[C@@H]1O2. The van der Waals surface area contributed by atoms with Crippen LogP contribution in [0.5, 0.6) is 0 Å². The number of rotatable bonds is 0. The van der Waals surface area contributed by atoms with Gasteiger partial charge in [-0.2, -0.15) is 0 Å². The molecule has 11 heavy (non-hydrogen) atoms. The molecule has 0 aromatic carbocycles. The van der Waals surface area contributed by atoms with Crippen LogP contribution in [0.2, 0.25) is 0 Å². The minimum Gasteiger partial charge on any atom is -0.385 e. The van der Waals surface area contributed by atoms with E-state index in [1.165, 1.54) is 0 Å². The molecule has 2 heterocycles. The minimum absolute atomic E-state index is 0.00206. The lowest BCUT2D eigenvalue weighted by molar-refractivity contribution is -0.000837. The molecule has 0 saturated heterocycles. The van der Waals surface area contributed by atoms with Crippen LogP contribution in [0.3, 0.4) is 0 Å². The van der Waals surface area contributed by atoms with Gasteiger partial charge in [-0.05, 0) is 0 Å².